The van der Waals surface area contributed by atoms with Crippen molar-refractivity contribution in [3.05, 3.63) is 27.9 Å². The van der Waals surface area contributed by atoms with Crippen LogP contribution >= 0.6 is 0 Å². The average molecular weight is 235 g/mol. The number of ether oxygens (including phenoxy) is 1. The monoisotopic (exact) mass is 235 g/mol. The van der Waals surface area contributed by atoms with Crippen LogP contribution in [0.5, 0.6) is 0 Å². The van der Waals surface area contributed by atoms with Crippen LogP contribution < -0.4 is 5.56 Å². The van der Waals surface area contributed by atoms with Crippen LogP contribution in [0, 0.1) is 6.92 Å². The fraction of sp³-hybridized carbons (Fsp3) is 0.364. The Morgan fingerprint density at radius 1 is 1.41 bits per heavy atom. The van der Waals surface area contributed by atoms with Gasteiger partial charge >= 0.3 is 5.97 Å². The molecule has 6 nitrogen and oxygen atoms in total. The minimum absolute atomic E-state index is 0.207. The maximum Gasteiger partial charge on any atom is 0.355 e. The van der Waals surface area contributed by atoms with Gasteiger partial charge < -0.3 is 14.7 Å². The molecule has 2 rings (SSSR count). The average Bonchev–Trinajstić information content (AvgIpc) is 2.60. The number of esters is 1. The molecule has 6 heteroatoms. The number of carbonyl (C=O) groups is 1. The number of aryl methyl sites for hydroxylation is 1. The SMILES string of the molecule is Cc1nc2[nH]c(C(=O)OC(C)C)cc2c(=O)[nH]1. The van der Waals surface area contributed by atoms with Gasteiger partial charge in [-0.05, 0) is 26.8 Å². The second-order valence-corrected chi connectivity index (χ2v) is 4.05. The third-order valence-corrected chi connectivity index (χ3v) is 2.18. The van der Waals surface area contributed by atoms with E-state index in [1.54, 1.807) is 20.8 Å². The molecule has 2 N–H and O–H groups in total. The lowest BCUT2D eigenvalue weighted by Gasteiger charge is -2.05. The number of nitrogens with zero attached hydrogens (tertiary/aromatic N) is 1. The van der Waals surface area contributed by atoms with Gasteiger partial charge in [-0.2, -0.15) is 0 Å². The van der Waals surface area contributed by atoms with E-state index in [1.807, 2.05) is 0 Å². The van der Waals surface area contributed by atoms with E-state index in [9.17, 15) is 9.59 Å². The fourth-order valence-corrected chi connectivity index (χ4v) is 1.52. The number of aromatic amines is 2. The molecule has 0 aliphatic heterocycles. The molecule has 0 bridgehead atoms. The number of fused-ring (bicyclic) bond motifs is 1. The highest BCUT2D eigenvalue weighted by Crippen LogP contribution is 2.10. The Hall–Kier alpha value is -2.11. The zero-order valence-electron chi connectivity index (χ0n) is 9.83. The van der Waals surface area contributed by atoms with E-state index in [2.05, 4.69) is 15.0 Å². The summed E-state index contributed by atoms with van der Waals surface area (Å²) in [5, 5.41) is 0.353. The van der Waals surface area contributed by atoms with Gasteiger partial charge in [-0.1, -0.05) is 0 Å². The van der Waals surface area contributed by atoms with Crippen LogP contribution in [-0.2, 0) is 4.74 Å². The molecule has 0 radical (unpaired) electrons. The summed E-state index contributed by atoms with van der Waals surface area (Å²) < 4.78 is 5.03. The van der Waals surface area contributed by atoms with E-state index in [0.29, 0.717) is 16.9 Å². The molecule has 2 aromatic rings. The van der Waals surface area contributed by atoms with Crippen molar-refractivity contribution in [1.82, 2.24) is 15.0 Å². The Morgan fingerprint density at radius 3 is 2.76 bits per heavy atom. The summed E-state index contributed by atoms with van der Waals surface area (Å²) in [5.74, 6) is 0.00294. The highest BCUT2D eigenvalue weighted by molar-refractivity contribution is 5.93. The number of rotatable bonds is 2. The second-order valence-electron chi connectivity index (χ2n) is 4.05. The van der Waals surface area contributed by atoms with E-state index >= 15 is 0 Å². The van der Waals surface area contributed by atoms with E-state index in [0.717, 1.165) is 0 Å². The Morgan fingerprint density at radius 2 is 2.12 bits per heavy atom. The highest BCUT2D eigenvalue weighted by Gasteiger charge is 2.14. The van der Waals surface area contributed by atoms with Crippen molar-refractivity contribution in [3.63, 3.8) is 0 Å². The molecule has 0 saturated carbocycles. The number of hydrogen-bond donors (Lipinski definition) is 2. The quantitative estimate of drug-likeness (QED) is 0.763. The third-order valence-electron chi connectivity index (χ3n) is 2.18. The first-order valence-electron chi connectivity index (χ1n) is 5.28. The molecule has 0 spiro atoms. The summed E-state index contributed by atoms with van der Waals surface area (Å²) in [6, 6.07) is 1.45. The van der Waals surface area contributed by atoms with Crippen LogP contribution in [0.3, 0.4) is 0 Å². The van der Waals surface area contributed by atoms with Crippen molar-refractivity contribution < 1.29 is 9.53 Å². The lowest BCUT2D eigenvalue weighted by atomic mass is 10.3. The molecule has 0 aliphatic carbocycles. The molecule has 0 atom stereocenters. The molecule has 0 unspecified atom stereocenters. The van der Waals surface area contributed by atoms with Gasteiger partial charge in [0, 0.05) is 0 Å². The summed E-state index contributed by atoms with van der Waals surface area (Å²) >= 11 is 0. The maximum atomic E-state index is 11.6. The Bertz CT molecular complexity index is 624. The van der Waals surface area contributed by atoms with Crippen molar-refractivity contribution in [2.24, 2.45) is 0 Å². The van der Waals surface area contributed by atoms with Gasteiger partial charge in [0.25, 0.3) is 5.56 Å². The summed E-state index contributed by atoms with van der Waals surface area (Å²) in [6.07, 6.45) is -0.207. The zero-order valence-corrected chi connectivity index (χ0v) is 9.83. The van der Waals surface area contributed by atoms with Crippen LogP contribution in [0.4, 0.5) is 0 Å². The minimum atomic E-state index is -0.491. The third kappa shape index (κ3) is 2.20. The van der Waals surface area contributed by atoms with E-state index in [-0.39, 0.29) is 17.4 Å². The molecule has 17 heavy (non-hydrogen) atoms. The molecule has 0 aliphatic rings. The smallest absolute Gasteiger partial charge is 0.355 e. The Kier molecular flexibility index (Phi) is 2.71. The van der Waals surface area contributed by atoms with Gasteiger partial charge in [0.2, 0.25) is 0 Å². The van der Waals surface area contributed by atoms with Crippen molar-refractivity contribution in [2.75, 3.05) is 0 Å². The molecular weight excluding hydrogens is 222 g/mol. The molecule has 0 amide bonds. The number of hydrogen-bond acceptors (Lipinski definition) is 4. The first-order valence-corrected chi connectivity index (χ1v) is 5.28. The van der Waals surface area contributed by atoms with Gasteiger partial charge in [0.05, 0.1) is 11.5 Å². The topological polar surface area (TPSA) is 87.8 Å². The Labute approximate surface area is 97.0 Å². The second kappa shape index (κ2) is 4.04. The van der Waals surface area contributed by atoms with E-state index in [4.69, 9.17) is 4.74 Å². The summed E-state index contributed by atoms with van der Waals surface area (Å²) in [7, 11) is 0. The van der Waals surface area contributed by atoms with Crippen LogP contribution in [-0.4, -0.2) is 27.0 Å². The van der Waals surface area contributed by atoms with E-state index in [1.165, 1.54) is 6.07 Å². The predicted octanol–water partition coefficient (Wildman–Crippen LogP) is 1.12. The van der Waals surface area contributed by atoms with Gasteiger partial charge in [-0.3, -0.25) is 4.79 Å². The van der Waals surface area contributed by atoms with Crippen LogP contribution in [0.1, 0.15) is 30.2 Å². The number of nitrogens with one attached hydrogen (secondary N) is 2. The zero-order chi connectivity index (χ0) is 12.6. The summed E-state index contributed by atoms with van der Waals surface area (Å²) in [5.41, 5.74) is 0.353. The summed E-state index contributed by atoms with van der Waals surface area (Å²) in [4.78, 5) is 32.7. The first-order chi connectivity index (χ1) is 7.97. The van der Waals surface area contributed by atoms with Crippen molar-refractivity contribution >= 4 is 17.0 Å². The number of H-pyrrole nitrogens is 2. The lowest BCUT2D eigenvalue weighted by molar-refractivity contribution is 0.0372. The predicted molar refractivity (Wildman–Crippen MR) is 62.0 cm³/mol. The van der Waals surface area contributed by atoms with Crippen molar-refractivity contribution in [1.29, 1.82) is 0 Å². The van der Waals surface area contributed by atoms with E-state index < -0.39 is 5.97 Å². The van der Waals surface area contributed by atoms with Crippen LogP contribution in [0.15, 0.2) is 10.9 Å². The molecule has 2 heterocycles. The van der Waals surface area contributed by atoms with Gasteiger partial charge in [0.15, 0.2) is 0 Å². The van der Waals surface area contributed by atoms with Gasteiger partial charge in [-0.15, -0.1) is 0 Å². The van der Waals surface area contributed by atoms with Crippen LogP contribution in [0.2, 0.25) is 0 Å². The normalized spacial score (nSPS) is 11.1. The standard InChI is InChI=1S/C11H13N3O3/c1-5(2)17-11(16)8-4-7-9(14-8)12-6(3)13-10(7)15/h4-5H,1-3H3,(H2,12,13,14,15). The molecular formula is C11H13N3O3. The fourth-order valence-electron chi connectivity index (χ4n) is 1.52. The maximum absolute atomic E-state index is 11.6. The number of carbonyl (C=O) groups excluding carboxylic acids is 1. The Balaban J connectivity index is 2.48. The largest absolute Gasteiger partial charge is 0.458 e. The van der Waals surface area contributed by atoms with Crippen molar-refractivity contribution in [2.45, 2.75) is 26.9 Å². The summed E-state index contributed by atoms with van der Waals surface area (Å²) in [6.45, 7) is 5.19. The van der Waals surface area contributed by atoms with Gasteiger partial charge in [0.1, 0.15) is 17.2 Å². The van der Waals surface area contributed by atoms with Gasteiger partial charge in [-0.25, -0.2) is 9.78 Å². The minimum Gasteiger partial charge on any atom is -0.458 e. The molecule has 0 saturated heterocycles. The molecule has 2 aromatic heterocycles. The molecule has 0 fully saturated rings. The lowest BCUT2D eigenvalue weighted by Crippen LogP contribution is -2.11. The van der Waals surface area contributed by atoms with Crippen LogP contribution in [0.25, 0.3) is 11.0 Å². The first kappa shape index (κ1) is 11.4. The number of aromatic nitrogens is 3. The highest BCUT2D eigenvalue weighted by atomic mass is 16.5. The molecule has 0 aromatic carbocycles. The van der Waals surface area contributed by atoms with Crippen molar-refractivity contribution in [3.8, 4) is 0 Å². The molecule has 90 valence electrons.